The number of sulfonamides is 1. The first-order valence-electron chi connectivity index (χ1n) is 12.5. The van der Waals surface area contributed by atoms with Crippen molar-refractivity contribution in [2.45, 2.75) is 38.1 Å². The number of rotatable bonds is 10. The first-order chi connectivity index (χ1) is 17.7. The number of aliphatic hydroxyl groups excluding tert-OH is 1. The Morgan fingerprint density at radius 3 is 2.41 bits per heavy atom. The zero-order chi connectivity index (χ0) is 26.6. The van der Waals surface area contributed by atoms with Crippen molar-refractivity contribution < 1.29 is 27.1 Å². The van der Waals surface area contributed by atoms with Crippen LogP contribution in [0.1, 0.15) is 47.3 Å². The number of hydrogen-bond acceptors (Lipinski definition) is 9. The molecule has 2 fully saturated rings. The lowest BCUT2D eigenvalue weighted by molar-refractivity contribution is 0.103. The van der Waals surface area contributed by atoms with Crippen molar-refractivity contribution >= 4 is 38.1 Å². The van der Waals surface area contributed by atoms with Gasteiger partial charge in [0.05, 0.1) is 11.3 Å². The van der Waals surface area contributed by atoms with E-state index in [0.717, 1.165) is 55.9 Å². The summed E-state index contributed by atoms with van der Waals surface area (Å²) in [6.45, 7) is 3.48. The highest BCUT2D eigenvalue weighted by molar-refractivity contribution is 7.89. The second kappa shape index (κ2) is 12.1. The van der Waals surface area contributed by atoms with Crippen molar-refractivity contribution in [1.29, 1.82) is 0 Å². The van der Waals surface area contributed by atoms with Crippen LogP contribution in [-0.2, 0) is 10.0 Å². The van der Waals surface area contributed by atoms with Gasteiger partial charge in [0.1, 0.15) is 22.3 Å². The molecule has 0 unspecified atom stereocenters. The molecule has 4 rings (SSSR count). The highest BCUT2D eigenvalue weighted by Gasteiger charge is 2.30. The number of carbonyl (C=O) groups excluding carboxylic acids is 1. The van der Waals surface area contributed by atoms with E-state index in [4.69, 9.17) is 5.73 Å². The van der Waals surface area contributed by atoms with Crippen molar-refractivity contribution in [2.75, 3.05) is 56.1 Å². The molecular weight excluding hydrogens is 524 g/mol. The van der Waals surface area contributed by atoms with Gasteiger partial charge in [-0.2, -0.15) is 0 Å². The normalized spacial score (nSPS) is 18.8. The second-order valence-electron chi connectivity index (χ2n) is 9.61. The lowest BCUT2D eigenvalue weighted by Crippen LogP contribution is -2.43. The van der Waals surface area contributed by atoms with Crippen LogP contribution in [0.5, 0.6) is 0 Å². The number of hydrogen-bond donors (Lipinski definition) is 3. The van der Waals surface area contributed by atoms with Crippen LogP contribution in [0, 0.1) is 17.6 Å². The predicted molar refractivity (Wildman–Crippen MR) is 139 cm³/mol. The minimum absolute atomic E-state index is 0.0490. The number of nitrogens with two attached hydrogens (primary N) is 1. The SMILES string of the molecule is Nc1nc(NC2CCN(S(=O)(=O)CCCN3CCC(CO)CC3)CC2)sc1C(=O)c1c(F)cccc1F. The van der Waals surface area contributed by atoms with E-state index in [0.29, 0.717) is 43.4 Å². The van der Waals surface area contributed by atoms with Crippen LogP contribution in [0.4, 0.5) is 19.7 Å². The van der Waals surface area contributed by atoms with Crippen LogP contribution in [0.15, 0.2) is 18.2 Å². The number of halogens is 2. The van der Waals surface area contributed by atoms with Crippen LogP contribution < -0.4 is 11.1 Å². The van der Waals surface area contributed by atoms with E-state index in [1.807, 2.05) is 0 Å². The summed E-state index contributed by atoms with van der Waals surface area (Å²) in [5.41, 5.74) is 5.20. The molecule has 0 radical (unpaired) electrons. The molecule has 2 aromatic rings. The average Bonchev–Trinajstić information content (AvgIpc) is 3.24. The Labute approximate surface area is 219 Å². The number of aliphatic hydroxyl groups is 1. The second-order valence-corrected chi connectivity index (χ2v) is 12.7. The lowest BCUT2D eigenvalue weighted by atomic mass is 9.98. The number of benzene rings is 1. The van der Waals surface area contributed by atoms with E-state index < -0.39 is 33.0 Å². The summed E-state index contributed by atoms with van der Waals surface area (Å²) >= 11 is 0.925. The van der Waals surface area contributed by atoms with E-state index >= 15 is 0 Å². The zero-order valence-corrected chi connectivity index (χ0v) is 22.2. The number of thiazole rings is 1. The molecule has 0 amide bonds. The average molecular weight is 558 g/mol. The quantitative estimate of drug-likeness (QED) is 0.380. The topological polar surface area (TPSA) is 129 Å². The van der Waals surface area contributed by atoms with Gasteiger partial charge in [0.25, 0.3) is 0 Å². The molecule has 3 heterocycles. The Balaban J connectivity index is 1.26. The number of likely N-dealkylation sites (tertiary alicyclic amines) is 1. The standard InChI is InChI=1S/C24H33F2N5O4S2/c25-18-3-1-4-19(26)20(18)21(33)22-23(27)29-24(36-22)28-17-7-12-31(13-8-17)37(34,35)14-2-9-30-10-5-16(15-32)6-11-30/h1,3-4,16-17,32H,2,5-15,27H2,(H,28,29). The number of ketones is 1. The molecule has 1 aromatic heterocycles. The van der Waals surface area contributed by atoms with Gasteiger partial charge >= 0.3 is 0 Å². The maximum Gasteiger partial charge on any atom is 0.214 e. The maximum atomic E-state index is 14.0. The first-order valence-corrected chi connectivity index (χ1v) is 14.9. The number of nitrogen functional groups attached to an aromatic ring is 1. The number of carbonyl (C=O) groups is 1. The largest absolute Gasteiger partial charge is 0.396 e. The third-order valence-corrected chi connectivity index (χ3v) is 10.0. The summed E-state index contributed by atoms with van der Waals surface area (Å²) < 4.78 is 55.3. The maximum absolute atomic E-state index is 14.0. The van der Waals surface area contributed by atoms with Gasteiger partial charge in [-0.1, -0.05) is 17.4 Å². The summed E-state index contributed by atoms with van der Waals surface area (Å²) in [7, 11) is -3.36. The molecule has 0 spiro atoms. The third kappa shape index (κ3) is 6.82. The van der Waals surface area contributed by atoms with Crippen molar-refractivity contribution in [2.24, 2.45) is 5.92 Å². The molecular formula is C24H33F2N5O4S2. The molecule has 0 bridgehead atoms. The number of piperidine rings is 2. The van der Waals surface area contributed by atoms with Gasteiger partial charge in [0, 0.05) is 25.7 Å². The predicted octanol–water partition coefficient (Wildman–Crippen LogP) is 2.54. The molecule has 9 nitrogen and oxygen atoms in total. The fourth-order valence-electron chi connectivity index (χ4n) is 4.83. The lowest BCUT2D eigenvalue weighted by Gasteiger charge is -2.33. The summed E-state index contributed by atoms with van der Waals surface area (Å²) in [4.78, 5) is 19.0. The van der Waals surface area contributed by atoms with E-state index in [2.05, 4.69) is 15.2 Å². The molecule has 37 heavy (non-hydrogen) atoms. The van der Waals surface area contributed by atoms with Crippen molar-refractivity contribution in [1.82, 2.24) is 14.2 Å². The molecule has 1 aromatic carbocycles. The Morgan fingerprint density at radius 1 is 1.14 bits per heavy atom. The molecule has 204 valence electrons. The van der Waals surface area contributed by atoms with Crippen LogP contribution in [0.25, 0.3) is 0 Å². The van der Waals surface area contributed by atoms with Gasteiger partial charge in [0.2, 0.25) is 15.8 Å². The van der Waals surface area contributed by atoms with E-state index in [-0.39, 0.29) is 29.1 Å². The minimum atomic E-state index is -3.36. The number of anilines is 2. The fourth-order valence-corrected chi connectivity index (χ4v) is 7.26. The van der Waals surface area contributed by atoms with Crippen molar-refractivity contribution in [3.8, 4) is 0 Å². The Kier molecular flexibility index (Phi) is 9.11. The van der Waals surface area contributed by atoms with Crippen LogP contribution in [-0.4, -0.2) is 84.6 Å². The van der Waals surface area contributed by atoms with Crippen LogP contribution >= 0.6 is 11.3 Å². The molecule has 0 saturated carbocycles. The van der Waals surface area contributed by atoms with E-state index in [9.17, 15) is 27.1 Å². The van der Waals surface area contributed by atoms with E-state index in [1.165, 1.54) is 10.4 Å². The van der Waals surface area contributed by atoms with Crippen molar-refractivity contribution in [3.05, 3.63) is 40.3 Å². The van der Waals surface area contributed by atoms with Crippen LogP contribution in [0.2, 0.25) is 0 Å². The molecule has 2 saturated heterocycles. The van der Waals surface area contributed by atoms with E-state index in [1.54, 1.807) is 0 Å². The van der Waals surface area contributed by atoms with Gasteiger partial charge < -0.3 is 21.1 Å². The van der Waals surface area contributed by atoms with Gasteiger partial charge in [-0.25, -0.2) is 26.5 Å². The van der Waals surface area contributed by atoms with Crippen LogP contribution in [0.3, 0.4) is 0 Å². The molecule has 2 aliphatic heterocycles. The summed E-state index contributed by atoms with van der Waals surface area (Å²) in [6.07, 6.45) is 3.58. The van der Waals surface area contributed by atoms with Crippen molar-refractivity contribution in [3.63, 3.8) is 0 Å². The van der Waals surface area contributed by atoms with Gasteiger partial charge in [-0.15, -0.1) is 0 Å². The third-order valence-electron chi connectivity index (χ3n) is 7.07. The summed E-state index contributed by atoms with van der Waals surface area (Å²) in [5, 5.41) is 12.8. The van der Waals surface area contributed by atoms with Gasteiger partial charge in [-0.05, 0) is 69.8 Å². The first kappa shape index (κ1) is 27.8. The van der Waals surface area contributed by atoms with Gasteiger partial charge in [-0.3, -0.25) is 4.79 Å². The fraction of sp³-hybridized carbons (Fsp3) is 0.583. The zero-order valence-electron chi connectivity index (χ0n) is 20.5. The number of nitrogens with one attached hydrogen (secondary N) is 1. The Hall–Kier alpha value is -2.19. The minimum Gasteiger partial charge on any atom is -0.396 e. The summed E-state index contributed by atoms with van der Waals surface area (Å²) in [6, 6.07) is 3.13. The molecule has 0 aliphatic carbocycles. The number of aromatic nitrogens is 1. The molecule has 13 heteroatoms. The molecule has 2 aliphatic rings. The highest BCUT2D eigenvalue weighted by Crippen LogP contribution is 2.30. The smallest absolute Gasteiger partial charge is 0.214 e. The van der Waals surface area contributed by atoms with Gasteiger partial charge in [0.15, 0.2) is 5.13 Å². The molecule has 4 N–H and O–H groups in total. The summed E-state index contributed by atoms with van der Waals surface area (Å²) in [5.74, 6) is -2.44. The highest BCUT2D eigenvalue weighted by atomic mass is 32.2. The Bertz CT molecular complexity index is 1170. The number of nitrogens with zero attached hydrogens (tertiary/aromatic N) is 3. The monoisotopic (exact) mass is 557 g/mol. The molecule has 0 atom stereocenters. The Morgan fingerprint density at radius 2 is 1.78 bits per heavy atom.